The van der Waals surface area contributed by atoms with Crippen LogP contribution in [-0.4, -0.2) is 49.0 Å². The van der Waals surface area contributed by atoms with Crippen LogP contribution in [0.3, 0.4) is 0 Å². The lowest BCUT2D eigenvalue weighted by Gasteiger charge is -2.21. The monoisotopic (exact) mass is 543 g/mol. The first kappa shape index (κ1) is 28.7. The number of para-hydroxylation sites is 1. The lowest BCUT2D eigenvalue weighted by Crippen LogP contribution is -2.39. The molecule has 1 N–H and O–H groups in total. The van der Waals surface area contributed by atoms with Gasteiger partial charge in [0.2, 0.25) is 5.91 Å². The molecule has 1 atom stereocenters. The molecule has 0 aliphatic carbocycles. The van der Waals surface area contributed by atoms with Gasteiger partial charge in [-0.05, 0) is 66.9 Å². The van der Waals surface area contributed by atoms with Crippen LogP contribution in [0.25, 0.3) is 0 Å². The number of nitrogens with one attached hydrogen (secondary N) is 1. The Morgan fingerprint density at radius 2 is 1.57 bits per heavy atom. The van der Waals surface area contributed by atoms with E-state index in [-0.39, 0.29) is 12.3 Å². The second-order valence-corrected chi connectivity index (χ2v) is 9.78. The van der Waals surface area contributed by atoms with Gasteiger partial charge in [-0.2, -0.15) is 0 Å². The summed E-state index contributed by atoms with van der Waals surface area (Å²) >= 11 is 0. The highest BCUT2D eigenvalue weighted by Gasteiger charge is 2.46. The van der Waals surface area contributed by atoms with Gasteiger partial charge < -0.3 is 19.7 Å². The van der Waals surface area contributed by atoms with Crippen molar-refractivity contribution in [1.29, 1.82) is 0 Å². The Morgan fingerprint density at radius 3 is 2.25 bits per heavy atom. The van der Waals surface area contributed by atoms with Crippen molar-refractivity contribution < 1.29 is 23.9 Å². The fourth-order valence-corrected chi connectivity index (χ4v) is 4.68. The maximum atomic E-state index is 13.5. The Hall–Kier alpha value is -4.33. The van der Waals surface area contributed by atoms with Gasteiger partial charge in [-0.15, -0.1) is 0 Å². The van der Waals surface area contributed by atoms with Crippen LogP contribution in [0, 0.1) is 0 Å². The summed E-state index contributed by atoms with van der Waals surface area (Å²) in [5, 5.41) is 2.86. The van der Waals surface area contributed by atoms with Crippen LogP contribution in [0.2, 0.25) is 0 Å². The Balaban J connectivity index is 1.41. The normalized spacial score (nSPS) is 14.9. The molecule has 0 aromatic heterocycles. The maximum absolute atomic E-state index is 13.5. The highest BCUT2D eigenvalue weighted by Crippen LogP contribution is 2.28. The third-order valence-electron chi connectivity index (χ3n) is 6.92. The van der Waals surface area contributed by atoms with E-state index in [9.17, 15) is 14.4 Å². The Labute approximate surface area is 235 Å². The first-order valence-electron chi connectivity index (χ1n) is 13.9. The zero-order valence-electron chi connectivity index (χ0n) is 23.2. The number of unbranched alkanes of at least 4 members (excludes halogenated alkanes) is 3. The van der Waals surface area contributed by atoms with Gasteiger partial charge >= 0.3 is 6.03 Å². The highest BCUT2D eigenvalue weighted by molar-refractivity contribution is 6.22. The van der Waals surface area contributed by atoms with Gasteiger partial charge in [-0.3, -0.25) is 9.59 Å². The van der Waals surface area contributed by atoms with Crippen molar-refractivity contribution in [3.63, 3.8) is 0 Å². The molecule has 3 aromatic rings. The molecular weight excluding hydrogens is 506 g/mol. The summed E-state index contributed by atoms with van der Waals surface area (Å²) in [6, 6.07) is 22.2. The number of rotatable bonds is 14. The van der Waals surface area contributed by atoms with Gasteiger partial charge in [0.25, 0.3) is 5.91 Å². The summed E-state index contributed by atoms with van der Waals surface area (Å²) in [5.41, 5.74) is 2.08. The fraction of sp³-hybridized carbons (Fsp3) is 0.344. The molecule has 0 saturated carbocycles. The van der Waals surface area contributed by atoms with Gasteiger partial charge in [0.1, 0.15) is 17.5 Å². The molecular formula is C32H37N3O5. The molecule has 1 heterocycles. The van der Waals surface area contributed by atoms with E-state index >= 15 is 0 Å². The van der Waals surface area contributed by atoms with Gasteiger partial charge in [0, 0.05) is 12.2 Å². The maximum Gasteiger partial charge on any atom is 0.332 e. The zero-order valence-corrected chi connectivity index (χ0v) is 23.2. The Morgan fingerprint density at radius 1 is 0.875 bits per heavy atom. The van der Waals surface area contributed by atoms with Crippen LogP contribution >= 0.6 is 0 Å². The molecule has 0 unspecified atom stereocenters. The third kappa shape index (κ3) is 7.40. The quantitative estimate of drug-likeness (QED) is 0.197. The van der Waals surface area contributed by atoms with Crippen molar-refractivity contribution in [2.75, 3.05) is 30.5 Å². The van der Waals surface area contributed by atoms with Crippen molar-refractivity contribution in [1.82, 2.24) is 4.90 Å². The minimum absolute atomic E-state index is 0.147. The number of carbonyl (C=O) groups excluding carboxylic acids is 3. The zero-order chi connectivity index (χ0) is 28.3. The van der Waals surface area contributed by atoms with E-state index in [0.29, 0.717) is 30.9 Å². The van der Waals surface area contributed by atoms with E-state index in [2.05, 4.69) is 12.2 Å². The molecule has 0 spiro atoms. The van der Waals surface area contributed by atoms with Crippen molar-refractivity contribution in [2.45, 2.75) is 51.5 Å². The molecule has 3 aromatic carbocycles. The topological polar surface area (TPSA) is 88.2 Å². The molecule has 1 fully saturated rings. The first-order chi connectivity index (χ1) is 19.5. The van der Waals surface area contributed by atoms with E-state index in [1.807, 2.05) is 42.5 Å². The number of ether oxygens (including phenoxy) is 2. The number of hydrogen-bond acceptors (Lipinski definition) is 5. The van der Waals surface area contributed by atoms with E-state index in [1.54, 1.807) is 43.5 Å². The summed E-state index contributed by atoms with van der Waals surface area (Å²) in [7, 11) is 1.61. The van der Waals surface area contributed by atoms with E-state index < -0.39 is 18.0 Å². The average molecular weight is 544 g/mol. The van der Waals surface area contributed by atoms with Gasteiger partial charge in [0.15, 0.2) is 0 Å². The predicted octanol–water partition coefficient (Wildman–Crippen LogP) is 6.06. The molecule has 8 heteroatoms. The smallest absolute Gasteiger partial charge is 0.332 e. The van der Waals surface area contributed by atoms with Crippen molar-refractivity contribution in [3.8, 4) is 11.5 Å². The summed E-state index contributed by atoms with van der Waals surface area (Å²) in [5.74, 6) is 0.735. The predicted molar refractivity (Wildman–Crippen MR) is 156 cm³/mol. The molecule has 210 valence electrons. The van der Waals surface area contributed by atoms with Crippen molar-refractivity contribution >= 4 is 29.2 Å². The second-order valence-electron chi connectivity index (χ2n) is 9.78. The second kappa shape index (κ2) is 14.2. The molecule has 0 bridgehead atoms. The number of hydrogen-bond donors (Lipinski definition) is 1. The average Bonchev–Trinajstić information content (AvgIpc) is 3.21. The lowest BCUT2D eigenvalue weighted by molar-refractivity contribution is -0.124. The lowest BCUT2D eigenvalue weighted by atomic mass is 10.1. The van der Waals surface area contributed by atoms with Crippen LogP contribution in [0.5, 0.6) is 11.5 Å². The molecule has 4 rings (SSSR count). The minimum atomic E-state index is -0.906. The van der Waals surface area contributed by atoms with E-state index in [0.717, 1.165) is 29.9 Å². The van der Waals surface area contributed by atoms with Crippen molar-refractivity contribution in [2.24, 2.45) is 0 Å². The van der Waals surface area contributed by atoms with Crippen molar-refractivity contribution in [3.05, 3.63) is 84.4 Å². The number of methoxy groups -OCH3 is 1. The van der Waals surface area contributed by atoms with E-state index in [4.69, 9.17) is 9.47 Å². The largest absolute Gasteiger partial charge is 0.497 e. The van der Waals surface area contributed by atoms with Gasteiger partial charge in [-0.1, -0.05) is 56.5 Å². The number of benzene rings is 3. The number of carbonyl (C=O) groups is 3. The standard InChI is InChI=1S/C32H37N3O5/c1-3-4-5-9-22-40-28-18-14-25(15-19-28)33-30(36)23-29-31(37)35(26-10-7-6-8-11-26)32(38)34(29)21-20-24-12-16-27(39-2)17-13-24/h6-8,10-19,29H,3-5,9,20-23H2,1-2H3,(H,33,36)/t29-/m1/s1. The van der Waals surface area contributed by atoms with E-state index in [1.165, 1.54) is 22.6 Å². The number of nitrogens with zero attached hydrogens (tertiary/aromatic N) is 2. The number of amides is 4. The van der Waals surface area contributed by atoms with Crippen LogP contribution in [0.4, 0.5) is 16.2 Å². The highest BCUT2D eigenvalue weighted by atomic mass is 16.5. The first-order valence-corrected chi connectivity index (χ1v) is 13.9. The van der Waals surface area contributed by atoms with Crippen LogP contribution in [0.15, 0.2) is 78.9 Å². The Kier molecular flexibility index (Phi) is 10.2. The van der Waals surface area contributed by atoms with Crippen LogP contribution in [-0.2, 0) is 16.0 Å². The number of anilines is 2. The van der Waals surface area contributed by atoms with Crippen LogP contribution < -0.4 is 19.7 Å². The fourth-order valence-electron chi connectivity index (χ4n) is 4.68. The number of urea groups is 1. The van der Waals surface area contributed by atoms with Gasteiger partial charge in [-0.25, -0.2) is 9.69 Å². The van der Waals surface area contributed by atoms with Crippen LogP contribution in [0.1, 0.15) is 44.6 Å². The Bertz CT molecular complexity index is 1260. The summed E-state index contributed by atoms with van der Waals surface area (Å²) < 4.78 is 11.0. The summed E-state index contributed by atoms with van der Waals surface area (Å²) in [6.07, 6.45) is 4.92. The summed E-state index contributed by atoms with van der Waals surface area (Å²) in [4.78, 5) is 42.6. The molecule has 1 aliphatic rings. The molecule has 1 aliphatic heterocycles. The molecule has 1 saturated heterocycles. The molecule has 40 heavy (non-hydrogen) atoms. The molecule has 0 radical (unpaired) electrons. The van der Waals surface area contributed by atoms with Gasteiger partial charge in [0.05, 0.1) is 25.8 Å². The minimum Gasteiger partial charge on any atom is -0.497 e. The third-order valence-corrected chi connectivity index (χ3v) is 6.92. The molecule has 8 nitrogen and oxygen atoms in total. The summed E-state index contributed by atoms with van der Waals surface area (Å²) in [6.45, 7) is 3.13. The number of imide groups is 1. The SMILES string of the molecule is CCCCCCOc1ccc(NC(=O)C[C@@H]2C(=O)N(c3ccccc3)C(=O)N2CCc2ccc(OC)cc2)cc1. The molecule has 4 amide bonds.